The molecule has 0 unspecified atom stereocenters. The molecule has 1 aromatic heterocycles. The summed E-state index contributed by atoms with van der Waals surface area (Å²) in [6, 6.07) is 7.50. The summed E-state index contributed by atoms with van der Waals surface area (Å²) in [5, 5.41) is 8.14. The van der Waals surface area contributed by atoms with Gasteiger partial charge in [0.1, 0.15) is 5.52 Å². The highest BCUT2D eigenvalue weighted by atomic mass is 16.2. The molecule has 23 heavy (non-hydrogen) atoms. The van der Waals surface area contributed by atoms with Gasteiger partial charge in [-0.05, 0) is 43.9 Å². The molecule has 0 bridgehead atoms. The third-order valence-electron chi connectivity index (χ3n) is 4.64. The van der Waals surface area contributed by atoms with Crippen LogP contribution in [0.5, 0.6) is 0 Å². The lowest BCUT2D eigenvalue weighted by molar-refractivity contribution is 0.0748. The minimum absolute atomic E-state index is 0.100. The maximum atomic E-state index is 12.7. The Morgan fingerprint density at radius 1 is 1.04 bits per heavy atom. The van der Waals surface area contributed by atoms with E-state index in [2.05, 4.69) is 20.1 Å². The zero-order valence-corrected chi connectivity index (χ0v) is 13.2. The first-order valence-corrected chi connectivity index (χ1v) is 8.41. The molecule has 1 aromatic carbocycles. The highest BCUT2D eigenvalue weighted by molar-refractivity contribution is 5.91. The van der Waals surface area contributed by atoms with Crippen LogP contribution >= 0.6 is 0 Å². The lowest BCUT2D eigenvalue weighted by atomic mass is 10.3. The second-order valence-electron chi connectivity index (χ2n) is 6.51. The Morgan fingerprint density at radius 2 is 1.87 bits per heavy atom. The largest absolute Gasteiger partial charge is 0.335 e. The van der Waals surface area contributed by atoms with Crippen LogP contribution in [0.15, 0.2) is 24.3 Å². The van der Waals surface area contributed by atoms with E-state index in [9.17, 15) is 4.79 Å². The summed E-state index contributed by atoms with van der Waals surface area (Å²) in [6.45, 7) is 4.74. The molecule has 0 N–H and O–H groups in total. The first-order chi connectivity index (χ1) is 11.3. The average Bonchev–Trinajstić information content (AvgIpc) is 3.42. The molecule has 1 saturated carbocycles. The maximum absolute atomic E-state index is 12.7. The summed E-state index contributed by atoms with van der Waals surface area (Å²) in [5.41, 5.74) is 1.44. The van der Waals surface area contributed by atoms with Gasteiger partial charge in [0.15, 0.2) is 0 Å². The summed E-state index contributed by atoms with van der Waals surface area (Å²) >= 11 is 0. The standard InChI is InChI=1S/C17H21N5O/c23-17(16-18-14-4-1-2-5-15(14)19-20-16)22-9-3-8-21(10-11-22)12-13-6-7-13/h1-2,4-5,13H,3,6-12H2. The third kappa shape index (κ3) is 3.32. The minimum atomic E-state index is -0.100. The van der Waals surface area contributed by atoms with E-state index in [-0.39, 0.29) is 11.7 Å². The summed E-state index contributed by atoms with van der Waals surface area (Å²) < 4.78 is 0. The number of benzene rings is 1. The second kappa shape index (κ2) is 6.20. The van der Waals surface area contributed by atoms with Crippen molar-refractivity contribution in [1.82, 2.24) is 25.0 Å². The van der Waals surface area contributed by atoms with Gasteiger partial charge < -0.3 is 9.80 Å². The number of fused-ring (bicyclic) bond motifs is 1. The molecular formula is C17H21N5O. The van der Waals surface area contributed by atoms with Crippen molar-refractivity contribution < 1.29 is 4.79 Å². The Bertz CT molecular complexity index is 715. The molecule has 0 radical (unpaired) electrons. The molecule has 0 atom stereocenters. The number of amides is 1. The molecular weight excluding hydrogens is 290 g/mol. The van der Waals surface area contributed by atoms with Gasteiger partial charge in [0.25, 0.3) is 5.91 Å². The summed E-state index contributed by atoms with van der Waals surface area (Å²) in [4.78, 5) is 21.4. The van der Waals surface area contributed by atoms with E-state index >= 15 is 0 Å². The number of hydrogen-bond donors (Lipinski definition) is 0. The number of hydrogen-bond acceptors (Lipinski definition) is 5. The van der Waals surface area contributed by atoms with Gasteiger partial charge in [-0.2, -0.15) is 0 Å². The fourth-order valence-electron chi connectivity index (χ4n) is 3.14. The van der Waals surface area contributed by atoms with Crippen LogP contribution in [-0.4, -0.2) is 63.6 Å². The number of nitrogens with zero attached hydrogens (tertiary/aromatic N) is 5. The molecule has 2 fully saturated rings. The van der Waals surface area contributed by atoms with Crippen molar-refractivity contribution in [2.75, 3.05) is 32.7 Å². The van der Waals surface area contributed by atoms with Crippen molar-refractivity contribution in [2.45, 2.75) is 19.3 Å². The molecule has 0 spiro atoms. The van der Waals surface area contributed by atoms with Crippen molar-refractivity contribution in [3.63, 3.8) is 0 Å². The van der Waals surface area contributed by atoms with Gasteiger partial charge in [-0.1, -0.05) is 12.1 Å². The number of aromatic nitrogens is 3. The first kappa shape index (κ1) is 14.5. The van der Waals surface area contributed by atoms with E-state index in [0.717, 1.165) is 49.6 Å². The highest BCUT2D eigenvalue weighted by Crippen LogP contribution is 2.29. The van der Waals surface area contributed by atoms with Gasteiger partial charge in [-0.15, -0.1) is 10.2 Å². The molecule has 120 valence electrons. The predicted octanol–water partition coefficient (Wildman–Crippen LogP) is 1.58. The van der Waals surface area contributed by atoms with Crippen LogP contribution in [0.1, 0.15) is 29.9 Å². The van der Waals surface area contributed by atoms with Crippen molar-refractivity contribution in [3.8, 4) is 0 Å². The maximum Gasteiger partial charge on any atom is 0.293 e. The monoisotopic (exact) mass is 311 g/mol. The summed E-state index contributed by atoms with van der Waals surface area (Å²) in [6.07, 6.45) is 3.75. The predicted molar refractivity (Wildman–Crippen MR) is 87.0 cm³/mol. The topological polar surface area (TPSA) is 62.2 Å². The smallest absolute Gasteiger partial charge is 0.293 e. The summed E-state index contributed by atoms with van der Waals surface area (Å²) in [7, 11) is 0. The van der Waals surface area contributed by atoms with Gasteiger partial charge in [0.2, 0.25) is 5.82 Å². The van der Waals surface area contributed by atoms with E-state index in [1.807, 2.05) is 29.2 Å². The van der Waals surface area contributed by atoms with Crippen LogP contribution in [0.3, 0.4) is 0 Å². The van der Waals surface area contributed by atoms with E-state index in [4.69, 9.17) is 0 Å². The number of para-hydroxylation sites is 1. The zero-order chi connectivity index (χ0) is 15.6. The lowest BCUT2D eigenvalue weighted by Gasteiger charge is -2.21. The molecule has 6 heteroatoms. The molecule has 1 aliphatic heterocycles. The molecule has 1 saturated heterocycles. The molecule has 1 aliphatic carbocycles. The van der Waals surface area contributed by atoms with Crippen LogP contribution in [0, 0.1) is 5.92 Å². The van der Waals surface area contributed by atoms with E-state index in [0.29, 0.717) is 0 Å². The quantitative estimate of drug-likeness (QED) is 0.861. The van der Waals surface area contributed by atoms with Gasteiger partial charge in [-0.3, -0.25) is 4.79 Å². The highest BCUT2D eigenvalue weighted by Gasteiger charge is 2.27. The number of carbonyl (C=O) groups is 1. The first-order valence-electron chi connectivity index (χ1n) is 8.41. The van der Waals surface area contributed by atoms with Crippen molar-refractivity contribution in [2.24, 2.45) is 5.92 Å². The van der Waals surface area contributed by atoms with E-state index in [1.54, 1.807) is 0 Å². The average molecular weight is 311 g/mol. The number of carbonyl (C=O) groups excluding carboxylic acids is 1. The lowest BCUT2D eigenvalue weighted by Crippen LogP contribution is -2.36. The van der Waals surface area contributed by atoms with Crippen LogP contribution in [0.4, 0.5) is 0 Å². The van der Waals surface area contributed by atoms with Gasteiger partial charge in [0.05, 0.1) is 5.52 Å². The van der Waals surface area contributed by atoms with E-state index in [1.165, 1.54) is 19.4 Å². The SMILES string of the molecule is O=C(c1nnc2ccccc2n1)N1CCCN(CC2CC2)CC1. The van der Waals surface area contributed by atoms with Crippen molar-refractivity contribution in [3.05, 3.63) is 30.1 Å². The van der Waals surface area contributed by atoms with Crippen LogP contribution < -0.4 is 0 Å². The van der Waals surface area contributed by atoms with Gasteiger partial charge in [0, 0.05) is 26.2 Å². The Kier molecular flexibility index (Phi) is 3.91. The minimum Gasteiger partial charge on any atom is -0.335 e. The molecule has 2 heterocycles. The van der Waals surface area contributed by atoms with Crippen molar-refractivity contribution >= 4 is 16.9 Å². The zero-order valence-electron chi connectivity index (χ0n) is 13.2. The molecule has 6 nitrogen and oxygen atoms in total. The normalized spacial score (nSPS) is 19.7. The number of rotatable bonds is 3. The Labute approximate surface area is 135 Å². The Hall–Kier alpha value is -2.08. The summed E-state index contributed by atoms with van der Waals surface area (Å²) in [5.74, 6) is 1.00. The van der Waals surface area contributed by atoms with Gasteiger partial charge in [-0.25, -0.2) is 4.98 Å². The fourth-order valence-corrected chi connectivity index (χ4v) is 3.14. The van der Waals surface area contributed by atoms with Crippen molar-refractivity contribution in [1.29, 1.82) is 0 Å². The fraction of sp³-hybridized carbons (Fsp3) is 0.529. The Balaban J connectivity index is 1.46. The third-order valence-corrected chi connectivity index (χ3v) is 4.64. The van der Waals surface area contributed by atoms with Crippen LogP contribution in [0.25, 0.3) is 11.0 Å². The Morgan fingerprint density at radius 3 is 2.70 bits per heavy atom. The van der Waals surface area contributed by atoms with E-state index < -0.39 is 0 Å². The second-order valence-corrected chi connectivity index (χ2v) is 6.51. The molecule has 2 aliphatic rings. The van der Waals surface area contributed by atoms with Crippen LogP contribution in [-0.2, 0) is 0 Å². The molecule has 1 amide bonds. The van der Waals surface area contributed by atoms with Gasteiger partial charge >= 0.3 is 0 Å². The molecule has 4 rings (SSSR count). The molecule has 2 aromatic rings. The van der Waals surface area contributed by atoms with Crippen LogP contribution in [0.2, 0.25) is 0 Å².